The van der Waals surface area contributed by atoms with Crippen LogP contribution >= 0.6 is 0 Å². The van der Waals surface area contributed by atoms with E-state index < -0.39 is 0 Å². The Morgan fingerprint density at radius 2 is 2.29 bits per heavy atom. The fourth-order valence-corrected chi connectivity index (χ4v) is 2.67. The summed E-state index contributed by atoms with van der Waals surface area (Å²) in [5, 5.41) is 3.41. The zero-order valence-corrected chi connectivity index (χ0v) is 11.4. The summed E-state index contributed by atoms with van der Waals surface area (Å²) in [6.07, 6.45) is 1.12. The quantitative estimate of drug-likeness (QED) is 0.791. The van der Waals surface area contributed by atoms with Crippen molar-refractivity contribution in [2.24, 2.45) is 5.92 Å². The summed E-state index contributed by atoms with van der Waals surface area (Å²) in [4.78, 5) is 2.40. The lowest BCUT2D eigenvalue weighted by molar-refractivity contribution is -0.0472. The summed E-state index contributed by atoms with van der Waals surface area (Å²) >= 11 is 0. The van der Waals surface area contributed by atoms with Gasteiger partial charge in [-0.2, -0.15) is 0 Å². The van der Waals surface area contributed by atoms with Crippen LogP contribution in [0.5, 0.6) is 0 Å². The SMILES string of the molecule is CC(C)N(C)C[C@@H]1CO[C@@]2(CNCCOC2)C1. The van der Waals surface area contributed by atoms with Gasteiger partial charge in [-0.3, -0.25) is 0 Å². The Morgan fingerprint density at radius 1 is 1.47 bits per heavy atom. The predicted octanol–water partition coefficient (Wildman–Crippen LogP) is 0.722. The lowest BCUT2D eigenvalue weighted by atomic mass is 9.94. The number of hydrogen-bond donors (Lipinski definition) is 1. The van der Waals surface area contributed by atoms with Crippen molar-refractivity contribution < 1.29 is 9.47 Å². The molecule has 0 saturated carbocycles. The van der Waals surface area contributed by atoms with Crippen molar-refractivity contribution in [3.05, 3.63) is 0 Å². The summed E-state index contributed by atoms with van der Waals surface area (Å²) in [5.74, 6) is 0.644. The molecule has 0 radical (unpaired) electrons. The molecule has 2 aliphatic heterocycles. The van der Waals surface area contributed by atoms with Crippen molar-refractivity contribution in [1.29, 1.82) is 0 Å². The molecule has 2 heterocycles. The van der Waals surface area contributed by atoms with Crippen molar-refractivity contribution in [3.8, 4) is 0 Å². The van der Waals surface area contributed by atoms with E-state index in [-0.39, 0.29) is 5.60 Å². The number of ether oxygens (including phenoxy) is 2. The van der Waals surface area contributed by atoms with Gasteiger partial charge in [0.05, 0.1) is 19.8 Å². The van der Waals surface area contributed by atoms with E-state index in [1.165, 1.54) is 0 Å². The summed E-state index contributed by atoms with van der Waals surface area (Å²) in [6.45, 7) is 9.92. The zero-order chi connectivity index (χ0) is 12.3. The molecular formula is C13H26N2O2. The highest BCUT2D eigenvalue weighted by atomic mass is 16.5. The van der Waals surface area contributed by atoms with Crippen LogP contribution in [0.4, 0.5) is 0 Å². The first-order chi connectivity index (χ1) is 8.11. The van der Waals surface area contributed by atoms with E-state index in [9.17, 15) is 0 Å². The molecule has 2 saturated heterocycles. The molecule has 0 aromatic rings. The molecular weight excluding hydrogens is 216 g/mol. The van der Waals surface area contributed by atoms with Crippen LogP contribution in [-0.4, -0.2) is 63.0 Å². The van der Waals surface area contributed by atoms with Crippen LogP contribution < -0.4 is 5.32 Å². The summed E-state index contributed by atoms with van der Waals surface area (Å²) in [6, 6.07) is 0.607. The largest absolute Gasteiger partial charge is 0.377 e. The van der Waals surface area contributed by atoms with Gasteiger partial charge in [0.25, 0.3) is 0 Å². The van der Waals surface area contributed by atoms with Gasteiger partial charge in [0.2, 0.25) is 0 Å². The van der Waals surface area contributed by atoms with E-state index in [1.54, 1.807) is 0 Å². The van der Waals surface area contributed by atoms with Crippen molar-refractivity contribution in [1.82, 2.24) is 10.2 Å². The molecule has 4 nitrogen and oxygen atoms in total. The maximum absolute atomic E-state index is 6.04. The van der Waals surface area contributed by atoms with E-state index in [0.717, 1.165) is 45.9 Å². The van der Waals surface area contributed by atoms with Crippen molar-refractivity contribution in [3.63, 3.8) is 0 Å². The monoisotopic (exact) mass is 242 g/mol. The number of hydrogen-bond acceptors (Lipinski definition) is 4. The molecule has 2 rings (SSSR count). The molecule has 0 aromatic heterocycles. The van der Waals surface area contributed by atoms with E-state index in [1.807, 2.05) is 0 Å². The van der Waals surface area contributed by atoms with E-state index in [2.05, 4.69) is 31.1 Å². The standard InChI is InChI=1S/C13H26N2O2/c1-11(2)15(3)7-12-6-13(17-8-12)9-14-4-5-16-10-13/h11-12,14H,4-10H2,1-3H3/t12-,13-/m1/s1. The first kappa shape index (κ1) is 13.3. The second-order valence-corrected chi connectivity index (χ2v) is 5.83. The summed E-state index contributed by atoms with van der Waals surface area (Å²) in [5.41, 5.74) is -0.0566. The minimum Gasteiger partial charge on any atom is -0.377 e. The van der Waals surface area contributed by atoms with Crippen LogP contribution in [0, 0.1) is 5.92 Å². The molecule has 0 bridgehead atoms. The molecule has 0 aliphatic carbocycles. The van der Waals surface area contributed by atoms with Gasteiger partial charge in [0.15, 0.2) is 0 Å². The second-order valence-electron chi connectivity index (χ2n) is 5.83. The molecule has 4 heteroatoms. The predicted molar refractivity (Wildman–Crippen MR) is 68.2 cm³/mol. The van der Waals surface area contributed by atoms with Crippen LogP contribution in [0.25, 0.3) is 0 Å². The molecule has 2 aliphatic rings. The number of rotatable bonds is 3. The zero-order valence-electron chi connectivity index (χ0n) is 11.4. The lowest BCUT2D eigenvalue weighted by Crippen LogP contribution is -2.42. The molecule has 0 amide bonds. The van der Waals surface area contributed by atoms with Crippen LogP contribution in [0.1, 0.15) is 20.3 Å². The smallest absolute Gasteiger partial charge is 0.104 e. The Bertz CT molecular complexity index is 238. The highest BCUT2D eigenvalue weighted by Gasteiger charge is 2.41. The average molecular weight is 242 g/mol. The van der Waals surface area contributed by atoms with Gasteiger partial charge in [-0.15, -0.1) is 0 Å². The van der Waals surface area contributed by atoms with Crippen molar-refractivity contribution in [2.45, 2.75) is 31.9 Å². The van der Waals surface area contributed by atoms with E-state index in [0.29, 0.717) is 12.0 Å². The van der Waals surface area contributed by atoms with Crippen LogP contribution in [0.2, 0.25) is 0 Å². The molecule has 1 spiro atoms. The van der Waals surface area contributed by atoms with Gasteiger partial charge in [-0.1, -0.05) is 0 Å². The minimum atomic E-state index is -0.0566. The lowest BCUT2D eigenvalue weighted by Gasteiger charge is -2.27. The Labute approximate surface area is 105 Å². The highest BCUT2D eigenvalue weighted by Crippen LogP contribution is 2.31. The topological polar surface area (TPSA) is 33.7 Å². The third kappa shape index (κ3) is 3.41. The van der Waals surface area contributed by atoms with Crippen LogP contribution in [-0.2, 0) is 9.47 Å². The normalized spacial score (nSPS) is 34.8. The van der Waals surface area contributed by atoms with Gasteiger partial charge in [0, 0.05) is 25.7 Å². The van der Waals surface area contributed by atoms with Gasteiger partial charge in [-0.05, 0) is 33.2 Å². The van der Waals surface area contributed by atoms with E-state index in [4.69, 9.17) is 9.47 Å². The molecule has 0 aromatic carbocycles. The van der Waals surface area contributed by atoms with Gasteiger partial charge in [0.1, 0.15) is 5.60 Å². The molecule has 2 fully saturated rings. The van der Waals surface area contributed by atoms with Gasteiger partial charge >= 0.3 is 0 Å². The molecule has 17 heavy (non-hydrogen) atoms. The third-order valence-corrected chi connectivity index (χ3v) is 3.95. The maximum Gasteiger partial charge on any atom is 0.104 e. The van der Waals surface area contributed by atoms with Crippen molar-refractivity contribution in [2.75, 3.05) is 46.5 Å². The van der Waals surface area contributed by atoms with Gasteiger partial charge in [-0.25, -0.2) is 0 Å². The average Bonchev–Trinajstić information content (AvgIpc) is 2.53. The van der Waals surface area contributed by atoms with Gasteiger partial charge < -0.3 is 19.7 Å². The second kappa shape index (κ2) is 5.65. The number of nitrogens with one attached hydrogen (secondary N) is 1. The Hall–Kier alpha value is -0.160. The minimum absolute atomic E-state index is 0.0566. The van der Waals surface area contributed by atoms with Crippen LogP contribution in [0.3, 0.4) is 0 Å². The van der Waals surface area contributed by atoms with Crippen LogP contribution in [0.15, 0.2) is 0 Å². The number of nitrogens with zero attached hydrogens (tertiary/aromatic N) is 1. The molecule has 100 valence electrons. The van der Waals surface area contributed by atoms with Crippen molar-refractivity contribution >= 4 is 0 Å². The summed E-state index contributed by atoms with van der Waals surface area (Å²) in [7, 11) is 2.19. The van der Waals surface area contributed by atoms with E-state index >= 15 is 0 Å². The molecule has 0 unspecified atom stereocenters. The Balaban J connectivity index is 1.85. The first-order valence-corrected chi connectivity index (χ1v) is 6.74. The molecule has 2 atom stereocenters. The Morgan fingerprint density at radius 3 is 3.06 bits per heavy atom. The fourth-order valence-electron chi connectivity index (χ4n) is 2.67. The first-order valence-electron chi connectivity index (χ1n) is 6.74. The summed E-state index contributed by atoms with van der Waals surface area (Å²) < 4.78 is 11.7. The fraction of sp³-hybridized carbons (Fsp3) is 1.00. The molecule has 1 N–H and O–H groups in total. The Kier molecular flexibility index (Phi) is 4.42. The highest BCUT2D eigenvalue weighted by molar-refractivity contribution is 4.93. The third-order valence-electron chi connectivity index (χ3n) is 3.95. The maximum atomic E-state index is 6.04.